The Hall–Kier alpha value is -2.64. The summed E-state index contributed by atoms with van der Waals surface area (Å²) in [4.78, 5) is 21.0. The van der Waals surface area contributed by atoms with Crippen molar-refractivity contribution in [3.05, 3.63) is 24.3 Å². The fraction of sp³-hybridized carbons (Fsp3) is 0.619. The van der Waals surface area contributed by atoms with Gasteiger partial charge in [0.2, 0.25) is 0 Å². The maximum atomic E-state index is 12.3. The lowest BCUT2D eigenvalue weighted by Crippen LogP contribution is -2.58. The highest BCUT2D eigenvalue weighted by atomic mass is 16.6. The van der Waals surface area contributed by atoms with Crippen molar-refractivity contribution in [2.45, 2.75) is 45.4 Å². The SMILES string of the molecule is COc1ccccc1OC(C)CNC1=NCC2CN(C(=O)OC(C)(C)C)CCN12. The van der Waals surface area contributed by atoms with E-state index in [2.05, 4.69) is 15.2 Å². The molecule has 0 aliphatic carbocycles. The molecule has 1 N–H and O–H groups in total. The summed E-state index contributed by atoms with van der Waals surface area (Å²) in [6.07, 6.45) is -0.312. The first kappa shape index (κ1) is 21.1. The number of methoxy groups -OCH3 is 1. The van der Waals surface area contributed by atoms with E-state index in [4.69, 9.17) is 14.2 Å². The van der Waals surface area contributed by atoms with Crippen molar-refractivity contribution < 1.29 is 19.0 Å². The second kappa shape index (κ2) is 8.80. The van der Waals surface area contributed by atoms with Crippen molar-refractivity contribution >= 4 is 12.1 Å². The quantitative estimate of drug-likeness (QED) is 0.812. The Morgan fingerprint density at radius 3 is 2.69 bits per heavy atom. The van der Waals surface area contributed by atoms with Crippen molar-refractivity contribution in [2.24, 2.45) is 4.99 Å². The van der Waals surface area contributed by atoms with Crippen LogP contribution in [0.1, 0.15) is 27.7 Å². The number of guanidine groups is 1. The van der Waals surface area contributed by atoms with Crippen molar-refractivity contribution in [1.82, 2.24) is 15.1 Å². The maximum Gasteiger partial charge on any atom is 0.410 e. The average molecular weight is 405 g/mol. The van der Waals surface area contributed by atoms with Gasteiger partial charge in [0, 0.05) is 19.6 Å². The van der Waals surface area contributed by atoms with E-state index >= 15 is 0 Å². The number of aliphatic imine (C=N–C) groups is 1. The number of fused-ring (bicyclic) bond motifs is 1. The van der Waals surface area contributed by atoms with Crippen LogP contribution in [0, 0.1) is 0 Å². The number of amides is 1. The molecule has 2 unspecified atom stereocenters. The van der Waals surface area contributed by atoms with Crippen LogP contribution in [0.5, 0.6) is 11.5 Å². The van der Waals surface area contributed by atoms with E-state index < -0.39 is 5.60 Å². The van der Waals surface area contributed by atoms with Crippen molar-refractivity contribution in [2.75, 3.05) is 39.8 Å². The molecule has 1 amide bonds. The van der Waals surface area contributed by atoms with Crippen molar-refractivity contribution in [3.8, 4) is 11.5 Å². The first-order valence-electron chi connectivity index (χ1n) is 10.1. The number of rotatable bonds is 5. The Morgan fingerprint density at radius 1 is 1.28 bits per heavy atom. The van der Waals surface area contributed by atoms with Crippen molar-refractivity contribution in [1.29, 1.82) is 0 Å². The number of piperazine rings is 1. The standard InChI is InChI=1S/C21H32N4O4/c1-15(28-18-9-7-6-8-17(18)27-5)12-22-19-23-13-16-14-24(10-11-25(16)19)20(26)29-21(2,3)4/h6-9,15-16H,10-14H2,1-5H3,(H,22,23). The fourth-order valence-electron chi connectivity index (χ4n) is 3.43. The third-order valence-corrected chi connectivity index (χ3v) is 4.80. The monoisotopic (exact) mass is 404 g/mol. The van der Waals surface area contributed by atoms with E-state index in [0.717, 1.165) is 24.0 Å². The molecule has 2 aliphatic heterocycles. The Morgan fingerprint density at radius 2 is 2.00 bits per heavy atom. The summed E-state index contributed by atoms with van der Waals surface area (Å²) in [6.45, 7) is 10.9. The molecule has 1 fully saturated rings. The van der Waals surface area contributed by atoms with Gasteiger partial charge in [0.15, 0.2) is 17.5 Å². The van der Waals surface area contributed by atoms with Crippen LogP contribution >= 0.6 is 0 Å². The molecule has 29 heavy (non-hydrogen) atoms. The molecule has 8 nitrogen and oxygen atoms in total. The van der Waals surface area contributed by atoms with Crippen LogP contribution in [0.15, 0.2) is 29.3 Å². The van der Waals surface area contributed by atoms with Gasteiger partial charge in [0.25, 0.3) is 0 Å². The summed E-state index contributed by atoms with van der Waals surface area (Å²) in [6, 6.07) is 7.80. The predicted octanol–water partition coefficient (Wildman–Crippen LogP) is 2.34. The third-order valence-electron chi connectivity index (χ3n) is 4.80. The zero-order valence-corrected chi connectivity index (χ0v) is 18.0. The zero-order chi connectivity index (χ0) is 21.0. The number of para-hydroxylation sites is 2. The largest absolute Gasteiger partial charge is 0.493 e. The van der Waals surface area contributed by atoms with Gasteiger partial charge in [-0.2, -0.15) is 0 Å². The van der Waals surface area contributed by atoms with Crippen LogP contribution in [-0.2, 0) is 4.74 Å². The highest BCUT2D eigenvalue weighted by Gasteiger charge is 2.36. The topological polar surface area (TPSA) is 75.6 Å². The number of carbonyl (C=O) groups excluding carboxylic acids is 1. The molecule has 2 atom stereocenters. The van der Waals surface area contributed by atoms with Crippen LogP contribution < -0.4 is 14.8 Å². The van der Waals surface area contributed by atoms with Gasteiger partial charge in [-0.3, -0.25) is 4.99 Å². The molecule has 3 rings (SSSR count). The molecule has 0 aromatic heterocycles. The Labute approximate surface area is 172 Å². The van der Waals surface area contributed by atoms with E-state index in [-0.39, 0.29) is 18.2 Å². The molecule has 1 saturated heterocycles. The number of benzene rings is 1. The number of ether oxygens (including phenoxy) is 3. The lowest BCUT2D eigenvalue weighted by atomic mass is 10.2. The Kier molecular flexibility index (Phi) is 6.39. The molecule has 2 aliphatic rings. The molecule has 2 heterocycles. The number of hydrogen-bond acceptors (Lipinski definition) is 7. The van der Waals surface area contributed by atoms with Gasteiger partial charge < -0.3 is 29.3 Å². The van der Waals surface area contributed by atoms with Gasteiger partial charge >= 0.3 is 6.09 Å². The van der Waals surface area contributed by atoms with E-state index in [9.17, 15) is 4.79 Å². The average Bonchev–Trinajstić information content (AvgIpc) is 3.07. The molecule has 1 aromatic rings. The lowest BCUT2D eigenvalue weighted by Gasteiger charge is -2.39. The Balaban J connectivity index is 1.47. The minimum absolute atomic E-state index is 0.0592. The number of carbonyl (C=O) groups is 1. The first-order valence-corrected chi connectivity index (χ1v) is 10.1. The molecule has 1 aromatic carbocycles. The summed E-state index contributed by atoms with van der Waals surface area (Å²) < 4.78 is 16.8. The van der Waals surface area contributed by atoms with Gasteiger partial charge in [0.05, 0.1) is 26.2 Å². The maximum absolute atomic E-state index is 12.3. The van der Waals surface area contributed by atoms with E-state index in [1.54, 1.807) is 12.0 Å². The van der Waals surface area contributed by atoms with Crippen LogP contribution in [0.2, 0.25) is 0 Å². The number of nitrogens with one attached hydrogen (secondary N) is 1. The lowest BCUT2D eigenvalue weighted by molar-refractivity contribution is 0.0137. The van der Waals surface area contributed by atoms with Crippen LogP contribution in [0.3, 0.4) is 0 Å². The minimum Gasteiger partial charge on any atom is -0.493 e. The highest BCUT2D eigenvalue weighted by Crippen LogP contribution is 2.26. The van der Waals surface area contributed by atoms with Gasteiger partial charge in [-0.15, -0.1) is 0 Å². The first-order chi connectivity index (χ1) is 13.8. The molecule has 0 bridgehead atoms. The highest BCUT2D eigenvalue weighted by molar-refractivity contribution is 5.82. The summed E-state index contributed by atoms with van der Waals surface area (Å²) in [5.74, 6) is 2.31. The molecule has 0 spiro atoms. The minimum atomic E-state index is -0.481. The molecular weight excluding hydrogens is 372 g/mol. The van der Waals surface area contributed by atoms with Crippen molar-refractivity contribution in [3.63, 3.8) is 0 Å². The third kappa shape index (κ3) is 5.46. The van der Waals surface area contributed by atoms with E-state index in [1.807, 2.05) is 52.0 Å². The van der Waals surface area contributed by atoms with E-state index in [0.29, 0.717) is 26.2 Å². The molecule has 160 valence electrons. The second-order valence-electron chi connectivity index (χ2n) is 8.40. The summed E-state index contributed by atoms with van der Waals surface area (Å²) in [7, 11) is 1.63. The molecule has 0 saturated carbocycles. The van der Waals surface area contributed by atoms with Gasteiger partial charge in [-0.1, -0.05) is 12.1 Å². The normalized spacial score (nSPS) is 19.9. The van der Waals surface area contributed by atoms with Gasteiger partial charge in [0.1, 0.15) is 11.7 Å². The second-order valence-corrected chi connectivity index (χ2v) is 8.40. The van der Waals surface area contributed by atoms with Gasteiger partial charge in [-0.25, -0.2) is 4.79 Å². The van der Waals surface area contributed by atoms with Crippen LogP contribution in [0.4, 0.5) is 4.79 Å². The summed E-state index contributed by atoms with van der Waals surface area (Å²) in [5.41, 5.74) is -0.481. The van der Waals surface area contributed by atoms with Gasteiger partial charge in [-0.05, 0) is 39.8 Å². The molecule has 0 radical (unpaired) electrons. The summed E-state index contributed by atoms with van der Waals surface area (Å²) in [5, 5.41) is 3.40. The Bertz CT molecular complexity index is 746. The van der Waals surface area contributed by atoms with Crippen LogP contribution in [-0.4, -0.2) is 79.4 Å². The molecule has 8 heteroatoms. The summed E-state index contributed by atoms with van der Waals surface area (Å²) >= 11 is 0. The molecular formula is C21H32N4O4. The fourth-order valence-corrected chi connectivity index (χ4v) is 3.43. The smallest absolute Gasteiger partial charge is 0.410 e. The van der Waals surface area contributed by atoms with Crippen LogP contribution in [0.25, 0.3) is 0 Å². The van der Waals surface area contributed by atoms with E-state index in [1.165, 1.54) is 0 Å². The predicted molar refractivity (Wildman–Crippen MR) is 112 cm³/mol. The zero-order valence-electron chi connectivity index (χ0n) is 18.0. The number of hydrogen-bond donors (Lipinski definition) is 1. The number of nitrogens with zero attached hydrogens (tertiary/aromatic N) is 3.